The zero-order chi connectivity index (χ0) is 23.4. The number of alkyl carbamates (subject to hydrolysis) is 1. The third-order valence-corrected chi connectivity index (χ3v) is 6.14. The molecule has 0 bridgehead atoms. The molecule has 3 atom stereocenters. The standard InChI is InChI=1S/C25H28N2O6/c1-15(10-23(28)29)27-24(30)16-11-17(32-13-16)12-26-25(31)33-14-22-20-8-4-2-6-18(20)19-7-3-5-9-21(19)22/h2-9,15-17,22H,10-14H2,1H3,(H,26,31)(H,27,30)(H,28,29). The molecule has 1 saturated heterocycles. The first kappa shape index (κ1) is 22.8. The van der Waals surface area contributed by atoms with Crippen molar-refractivity contribution in [2.45, 2.75) is 37.8 Å². The Morgan fingerprint density at radius 3 is 2.36 bits per heavy atom. The van der Waals surface area contributed by atoms with Crippen LogP contribution in [0.1, 0.15) is 36.8 Å². The highest BCUT2D eigenvalue weighted by Crippen LogP contribution is 2.44. The summed E-state index contributed by atoms with van der Waals surface area (Å²) < 4.78 is 11.1. The van der Waals surface area contributed by atoms with E-state index < -0.39 is 18.1 Å². The molecule has 2 amide bonds. The van der Waals surface area contributed by atoms with Crippen LogP contribution in [0.25, 0.3) is 11.1 Å². The molecule has 1 aliphatic carbocycles. The molecule has 0 spiro atoms. The maximum atomic E-state index is 12.3. The van der Waals surface area contributed by atoms with Gasteiger partial charge in [0.25, 0.3) is 0 Å². The first-order valence-electron chi connectivity index (χ1n) is 11.1. The Bertz CT molecular complexity index is 994. The van der Waals surface area contributed by atoms with Crippen molar-refractivity contribution in [3.63, 3.8) is 0 Å². The second kappa shape index (κ2) is 10.0. The minimum Gasteiger partial charge on any atom is -0.481 e. The van der Waals surface area contributed by atoms with E-state index in [9.17, 15) is 14.4 Å². The summed E-state index contributed by atoms with van der Waals surface area (Å²) in [5, 5.41) is 14.2. The number of hydrogen-bond acceptors (Lipinski definition) is 5. The second-order valence-corrected chi connectivity index (χ2v) is 8.60. The van der Waals surface area contributed by atoms with Gasteiger partial charge in [0.05, 0.1) is 25.0 Å². The molecule has 2 aromatic rings. The van der Waals surface area contributed by atoms with Gasteiger partial charge in [0.2, 0.25) is 5.91 Å². The molecule has 33 heavy (non-hydrogen) atoms. The number of carbonyl (C=O) groups is 3. The van der Waals surface area contributed by atoms with E-state index in [0.29, 0.717) is 6.42 Å². The van der Waals surface area contributed by atoms with Gasteiger partial charge in [-0.05, 0) is 35.6 Å². The fraction of sp³-hybridized carbons (Fsp3) is 0.400. The SMILES string of the molecule is CC(CC(=O)O)NC(=O)C1COC(CNC(=O)OCC2c3ccccc3-c3ccccc32)C1. The summed E-state index contributed by atoms with van der Waals surface area (Å²) in [4.78, 5) is 35.3. The lowest BCUT2D eigenvalue weighted by molar-refractivity contribution is -0.137. The van der Waals surface area contributed by atoms with Gasteiger partial charge >= 0.3 is 12.1 Å². The van der Waals surface area contributed by atoms with Crippen LogP contribution in [0, 0.1) is 5.92 Å². The number of benzene rings is 2. The summed E-state index contributed by atoms with van der Waals surface area (Å²) in [6, 6.07) is 15.8. The molecule has 0 radical (unpaired) electrons. The Morgan fingerprint density at radius 1 is 1.09 bits per heavy atom. The van der Waals surface area contributed by atoms with Gasteiger partial charge in [-0.15, -0.1) is 0 Å². The molecule has 2 aliphatic rings. The quantitative estimate of drug-likeness (QED) is 0.568. The number of ether oxygens (including phenoxy) is 2. The van der Waals surface area contributed by atoms with Crippen LogP contribution < -0.4 is 10.6 Å². The third-order valence-electron chi connectivity index (χ3n) is 6.14. The van der Waals surface area contributed by atoms with Gasteiger partial charge in [-0.1, -0.05) is 48.5 Å². The zero-order valence-corrected chi connectivity index (χ0v) is 18.5. The smallest absolute Gasteiger partial charge is 0.407 e. The molecule has 1 heterocycles. The van der Waals surface area contributed by atoms with E-state index in [0.717, 1.165) is 11.1 Å². The number of carbonyl (C=O) groups excluding carboxylic acids is 2. The predicted octanol–water partition coefficient (Wildman–Crippen LogP) is 2.91. The maximum absolute atomic E-state index is 12.3. The number of hydrogen-bond donors (Lipinski definition) is 3. The van der Waals surface area contributed by atoms with E-state index in [4.69, 9.17) is 14.6 Å². The summed E-state index contributed by atoms with van der Waals surface area (Å²) in [5.41, 5.74) is 4.64. The van der Waals surface area contributed by atoms with Crippen LogP contribution in [0.2, 0.25) is 0 Å². The van der Waals surface area contributed by atoms with Crippen molar-refractivity contribution in [1.29, 1.82) is 0 Å². The molecule has 2 aromatic carbocycles. The molecule has 0 aromatic heterocycles. The molecular formula is C25H28N2O6. The van der Waals surface area contributed by atoms with Gasteiger partial charge in [0.15, 0.2) is 0 Å². The molecule has 174 valence electrons. The van der Waals surface area contributed by atoms with Gasteiger partial charge in [-0.2, -0.15) is 0 Å². The topological polar surface area (TPSA) is 114 Å². The Morgan fingerprint density at radius 2 is 1.73 bits per heavy atom. The summed E-state index contributed by atoms with van der Waals surface area (Å²) >= 11 is 0. The van der Waals surface area contributed by atoms with Crippen molar-refractivity contribution >= 4 is 18.0 Å². The van der Waals surface area contributed by atoms with Crippen molar-refractivity contribution in [3.05, 3.63) is 59.7 Å². The van der Waals surface area contributed by atoms with E-state index in [1.807, 2.05) is 24.3 Å². The number of carboxylic acid groups (broad SMARTS) is 1. The summed E-state index contributed by atoms with van der Waals surface area (Å²) in [7, 11) is 0. The number of fused-ring (bicyclic) bond motifs is 3. The van der Waals surface area contributed by atoms with Crippen molar-refractivity contribution < 1.29 is 29.0 Å². The van der Waals surface area contributed by atoms with Gasteiger partial charge < -0.3 is 25.2 Å². The molecule has 1 fully saturated rings. The van der Waals surface area contributed by atoms with Gasteiger partial charge in [0, 0.05) is 18.5 Å². The van der Waals surface area contributed by atoms with E-state index >= 15 is 0 Å². The Kier molecular flexibility index (Phi) is 6.93. The van der Waals surface area contributed by atoms with E-state index in [-0.39, 0.29) is 50.0 Å². The van der Waals surface area contributed by atoms with Crippen molar-refractivity contribution in [1.82, 2.24) is 10.6 Å². The fourth-order valence-corrected chi connectivity index (χ4v) is 4.55. The Labute approximate surface area is 192 Å². The van der Waals surface area contributed by atoms with Crippen molar-refractivity contribution in [2.24, 2.45) is 5.92 Å². The van der Waals surface area contributed by atoms with Crippen LogP contribution in [0.4, 0.5) is 4.79 Å². The van der Waals surface area contributed by atoms with E-state index in [1.54, 1.807) is 6.92 Å². The third kappa shape index (κ3) is 5.34. The highest BCUT2D eigenvalue weighted by atomic mass is 16.5. The average Bonchev–Trinajstić information content (AvgIpc) is 3.39. The summed E-state index contributed by atoms with van der Waals surface area (Å²) in [6.07, 6.45) is -0.499. The van der Waals surface area contributed by atoms with Crippen molar-refractivity contribution in [2.75, 3.05) is 19.8 Å². The number of rotatable bonds is 8. The molecule has 3 N–H and O–H groups in total. The lowest BCUT2D eigenvalue weighted by atomic mass is 9.98. The monoisotopic (exact) mass is 452 g/mol. The molecule has 8 heteroatoms. The van der Waals surface area contributed by atoms with E-state index in [1.165, 1.54) is 11.1 Å². The normalized spacial score (nSPS) is 19.9. The highest BCUT2D eigenvalue weighted by Gasteiger charge is 2.32. The minimum atomic E-state index is -0.962. The second-order valence-electron chi connectivity index (χ2n) is 8.60. The lowest BCUT2D eigenvalue weighted by Gasteiger charge is -2.16. The molecule has 1 aliphatic heterocycles. The van der Waals surface area contributed by atoms with Crippen LogP contribution in [-0.2, 0) is 19.1 Å². The summed E-state index contributed by atoms with van der Waals surface area (Å²) in [5.74, 6) is -1.56. The summed E-state index contributed by atoms with van der Waals surface area (Å²) in [6.45, 7) is 2.36. The molecule has 4 rings (SSSR count). The average molecular weight is 453 g/mol. The maximum Gasteiger partial charge on any atom is 0.407 e. The zero-order valence-electron chi connectivity index (χ0n) is 18.5. The van der Waals surface area contributed by atoms with Gasteiger partial charge in [-0.25, -0.2) is 4.79 Å². The molecule has 0 saturated carbocycles. The number of nitrogens with one attached hydrogen (secondary N) is 2. The van der Waals surface area contributed by atoms with Crippen LogP contribution in [0.3, 0.4) is 0 Å². The van der Waals surface area contributed by atoms with E-state index in [2.05, 4.69) is 34.9 Å². The number of carboxylic acids is 1. The minimum absolute atomic E-state index is 0.00764. The van der Waals surface area contributed by atoms with Crippen molar-refractivity contribution in [3.8, 4) is 11.1 Å². The van der Waals surface area contributed by atoms with Gasteiger partial charge in [0.1, 0.15) is 6.61 Å². The van der Waals surface area contributed by atoms with Gasteiger partial charge in [-0.3, -0.25) is 9.59 Å². The van der Waals surface area contributed by atoms with Crippen LogP contribution in [0.5, 0.6) is 0 Å². The first-order valence-corrected chi connectivity index (χ1v) is 11.1. The fourth-order valence-electron chi connectivity index (χ4n) is 4.55. The number of amides is 2. The lowest BCUT2D eigenvalue weighted by Crippen LogP contribution is -2.39. The molecule has 8 nitrogen and oxygen atoms in total. The van der Waals surface area contributed by atoms with Crippen LogP contribution in [-0.4, -0.2) is 55.0 Å². The molecular weight excluding hydrogens is 424 g/mol. The first-order chi connectivity index (χ1) is 15.9. The van der Waals surface area contributed by atoms with Crippen LogP contribution in [0.15, 0.2) is 48.5 Å². The largest absolute Gasteiger partial charge is 0.481 e. The number of aliphatic carboxylic acids is 1. The highest BCUT2D eigenvalue weighted by molar-refractivity contribution is 5.80. The Hall–Kier alpha value is -3.39. The Balaban J connectivity index is 1.23. The van der Waals surface area contributed by atoms with Crippen LogP contribution >= 0.6 is 0 Å². The molecule has 3 unspecified atom stereocenters. The predicted molar refractivity (Wildman–Crippen MR) is 121 cm³/mol.